The Bertz CT molecular complexity index is 98.8. The van der Waals surface area contributed by atoms with E-state index < -0.39 is 0 Å². The van der Waals surface area contributed by atoms with E-state index in [1.807, 2.05) is 0 Å². The zero-order valence-electron chi connectivity index (χ0n) is 5.11. The first-order valence-corrected chi connectivity index (χ1v) is 2.12. The Balaban J connectivity index is 0. The molecule has 0 aliphatic heterocycles. The maximum absolute atomic E-state index is 9.41. The van der Waals surface area contributed by atoms with Crippen LogP contribution in [0.5, 0.6) is 0 Å². The predicted molar refractivity (Wildman–Crippen MR) is 27.2 cm³/mol. The molecule has 0 aliphatic rings. The summed E-state index contributed by atoms with van der Waals surface area (Å²) in [5, 5.41) is 9.41. The minimum Gasteiger partial charge on any atom is -0.833 e. The van der Waals surface area contributed by atoms with Gasteiger partial charge in [-0.15, -0.1) is 12.5 Å². The van der Waals surface area contributed by atoms with Crippen LogP contribution in [0.1, 0.15) is 12.8 Å². The molecular formula is C6H7LiO. The van der Waals surface area contributed by atoms with Gasteiger partial charge in [0.2, 0.25) is 0 Å². The van der Waals surface area contributed by atoms with Crippen LogP contribution in [-0.4, -0.2) is 0 Å². The second-order valence-electron chi connectivity index (χ2n) is 1.11. The molecule has 0 spiro atoms. The molecule has 0 fully saturated rings. The summed E-state index contributed by atoms with van der Waals surface area (Å²) in [5.41, 5.74) is 0. The molecule has 0 heterocycles. The van der Waals surface area contributed by atoms with Crippen molar-refractivity contribution >= 4 is 0 Å². The average molecular weight is 102 g/mol. The van der Waals surface area contributed by atoms with Gasteiger partial charge in [-0.1, -0.05) is 6.08 Å². The second kappa shape index (κ2) is 9.85. The van der Waals surface area contributed by atoms with Crippen molar-refractivity contribution in [1.29, 1.82) is 0 Å². The molecule has 8 heavy (non-hydrogen) atoms. The van der Waals surface area contributed by atoms with Crippen LogP contribution >= 0.6 is 0 Å². The Morgan fingerprint density at radius 2 is 2.25 bits per heavy atom. The zero-order valence-corrected chi connectivity index (χ0v) is 5.11. The summed E-state index contributed by atoms with van der Waals surface area (Å²) in [5.74, 6) is 2.37. The van der Waals surface area contributed by atoms with E-state index in [9.17, 15) is 5.11 Å². The molecule has 38 valence electrons. The van der Waals surface area contributed by atoms with Crippen molar-refractivity contribution in [1.82, 2.24) is 0 Å². The summed E-state index contributed by atoms with van der Waals surface area (Å²) in [4.78, 5) is 0. The van der Waals surface area contributed by atoms with Gasteiger partial charge in [-0.05, 0) is 6.42 Å². The Morgan fingerprint density at radius 3 is 2.62 bits per heavy atom. The van der Waals surface area contributed by atoms with E-state index in [0.29, 0.717) is 6.42 Å². The summed E-state index contributed by atoms with van der Waals surface area (Å²) in [6.45, 7) is 3.46. The summed E-state index contributed by atoms with van der Waals surface area (Å²) in [6, 6.07) is 0. The number of unbranched alkanes of at least 4 members (excludes halogenated alkanes) is 1. The number of allylic oxidation sites excluding steroid dienone is 1. The van der Waals surface area contributed by atoms with Crippen LogP contribution in [0.2, 0.25) is 0 Å². The molecule has 0 aromatic heterocycles. The molecule has 0 radical (unpaired) electrons. The third-order valence-corrected chi connectivity index (χ3v) is 0.546. The van der Waals surface area contributed by atoms with Crippen LogP contribution in [0.3, 0.4) is 0 Å². The van der Waals surface area contributed by atoms with Crippen LogP contribution in [0.25, 0.3) is 0 Å². The molecule has 0 atom stereocenters. The quantitative estimate of drug-likeness (QED) is 0.161. The molecule has 0 bridgehead atoms. The zero-order chi connectivity index (χ0) is 5.54. The first kappa shape index (κ1) is 10.6. The van der Waals surface area contributed by atoms with Gasteiger partial charge in [-0.2, -0.15) is 6.11 Å². The van der Waals surface area contributed by atoms with Crippen molar-refractivity contribution in [3.05, 3.63) is 12.7 Å². The molecule has 0 N–H and O–H groups in total. The van der Waals surface area contributed by atoms with E-state index in [1.54, 1.807) is 12.2 Å². The Kier molecular flexibility index (Phi) is 13.1. The monoisotopic (exact) mass is 102 g/mol. The van der Waals surface area contributed by atoms with Crippen molar-refractivity contribution in [2.45, 2.75) is 12.8 Å². The summed E-state index contributed by atoms with van der Waals surface area (Å²) >= 11 is 0. The Labute approximate surface area is 62.0 Å². The van der Waals surface area contributed by atoms with Crippen molar-refractivity contribution in [3.63, 3.8) is 0 Å². The molecule has 0 amide bonds. The molecule has 2 heteroatoms. The SMILES string of the molecule is C=CCCC#C[O-].[Li+]. The van der Waals surface area contributed by atoms with Gasteiger partial charge in [0.15, 0.2) is 0 Å². The van der Waals surface area contributed by atoms with Gasteiger partial charge in [0.05, 0.1) is 0 Å². The number of hydrogen-bond donors (Lipinski definition) is 0. The van der Waals surface area contributed by atoms with E-state index in [-0.39, 0.29) is 18.9 Å². The molecule has 0 aliphatic carbocycles. The third kappa shape index (κ3) is 9.20. The molecular weight excluding hydrogens is 95.0 g/mol. The van der Waals surface area contributed by atoms with Crippen molar-refractivity contribution in [3.8, 4) is 12.0 Å². The van der Waals surface area contributed by atoms with Crippen LogP contribution < -0.4 is 24.0 Å². The van der Waals surface area contributed by atoms with Gasteiger partial charge in [0.1, 0.15) is 0 Å². The van der Waals surface area contributed by atoms with Gasteiger partial charge in [0.25, 0.3) is 0 Å². The molecule has 0 saturated heterocycles. The number of hydrogen-bond acceptors (Lipinski definition) is 1. The normalized spacial score (nSPS) is 5.50. The average Bonchev–Trinajstić information content (AvgIpc) is 1.69. The molecule has 0 aromatic carbocycles. The molecule has 0 rings (SSSR count). The Hall–Kier alpha value is -0.303. The van der Waals surface area contributed by atoms with Crippen molar-refractivity contribution < 1.29 is 24.0 Å². The minimum absolute atomic E-state index is 0. The van der Waals surface area contributed by atoms with Crippen molar-refractivity contribution in [2.75, 3.05) is 0 Å². The van der Waals surface area contributed by atoms with E-state index in [0.717, 1.165) is 6.42 Å². The largest absolute Gasteiger partial charge is 1.00 e. The van der Waals surface area contributed by atoms with Crippen LogP contribution in [0, 0.1) is 12.0 Å². The van der Waals surface area contributed by atoms with Crippen LogP contribution in [0.15, 0.2) is 12.7 Å². The van der Waals surface area contributed by atoms with E-state index in [4.69, 9.17) is 0 Å². The smallest absolute Gasteiger partial charge is 0.833 e. The minimum atomic E-state index is 0. The fourth-order valence-electron chi connectivity index (χ4n) is 0.225. The maximum Gasteiger partial charge on any atom is 1.00 e. The van der Waals surface area contributed by atoms with Crippen LogP contribution in [-0.2, 0) is 0 Å². The van der Waals surface area contributed by atoms with E-state index in [2.05, 4.69) is 12.5 Å². The van der Waals surface area contributed by atoms with Gasteiger partial charge in [0, 0.05) is 6.42 Å². The summed E-state index contributed by atoms with van der Waals surface area (Å²) in [6.07, 6.45) is 4.76. The van der Waals surface area contributed by atoms with Crippen LogP contribution in [0.4, 0.5) is 0 Å². The van der Waals surface area contributed by atoms with Gasteiger partial charge in [-0.25, -0.2) is 0 Å². The topological polar surface area (TPSA) is 23.1 Å². The Morgan fingerprint density at radius 1 is 1.62 bits per heavy atom. The first-order chi connectivity index (χ1) is 3.41. The first-order valence-electron chi connectivity index (χ1n) is 2.12. The van der Waals surface area contributed by atoms with Gasteiger partial charge >= 0.3 is 18.9 Å². The predicted octanol–water partition coefficient (Wildman–Crippen LogP) is -2.72. The van der Waals surface area contributed by atoms with Gasteiger partial charge in [-0.3, -0.25) is 0 Å². The molecule has 0 saturated carbocycles. The van der Waals surface area contributed by atoms with Crippen molar-refractivity contribution in [2.24, 2.45) is 0 Å². The van der Waals surface area contributed by atoms with Gasteiger partial charge < -0.3 is 5.11 Å². The van der Waals surface area contributed by atoms with E-state index >= 15 is 0 Å². The molecule has 0 aromatic rings. The molecule has 0 unspecified atom stereocenters. The maximum atomic E-state index is 9.41. The third-order valence-electron chi connectivity index (χ3n) is 0.546. The summed E-state index contributed by atoms with van der Waals surface area (Å²) < 4.78 is 0. The van der Waals surface area contributed by atoms with E-state index in [1.165, 1.54) is 0 Å². The molecule has 1 nitrogen and oxygen atoms in total. The second-order valence-corrected chi connectivity index (χ2v) is 1.11. The summed E-state index contributed by atoms with van der Waals surface area (Å²) in [7, 11) is 0. The number of rotatable bonds is 2. The fourth-order valence-corrected chi connectivity index (χ4v) is 0.225. The standard InChI is InChI=1S/C6H8O.Li/c1-2-3-4-5-6-7;/h2,7H,1,3-4H2;/q;+1/p-1. The fraction of sp³-hybridized carbons (Fsp3) is 0.333.